The smallest absolute Gasteiger partial charge is 0.317 e. The predicted octanol–water partition coefficient (Wildman–Crippen LogP) is 1.84. The molecule has 1 aliphatic rings. The third-order valence-corrected chi connectivity index (χ3v) is 3.48. The summed E-state index contributed by atoms with van der Waals surface area (Å²) in [5, 5.41) is 11.5. The second-order valence-corrected chi connectivity index (χ2v) is 5.44. The van der Waals surface area contributed by atoms with Gasteiger partial charge in [-0.25, -0.2) is 4.79 Å². The third kappa shape index (κ3) is 6.23. The summed E-state index contributed by atoms with van der Waals surface area (Å²) in [6.45, 7) is 4.95. The van der Waals surface area contributed by atoms with E-state index >= 15 is 0 Å². The standard InChI is InChI=1S/C14H26N2O4/c1-11(2)16(9-7-13(17)18)14(19)15-8-10-20-12-5-3-4-6-12/h11-12H,3-10H2,1-2H3,(H,15,19)(H,17,18). The van der Waals surface area contributed by atoms with E-state index in [1.807, 2.05) is 13.8 Å². The summed E-state index contributed by atoms with van der Waals surface area (Å²) < 4.78 is 5.66. The second-order valence-electron chi connectivity index (χ2n) is 5.44. The van der Waals surface area contributed by atoms with Crippen molar-refractivity contribution >= 4 is 12.0 Å². The summed E-state index contributed by atoms with van der Waals surface area (Å²) in [5.41, 5.74) is 0. The molecule has 0 aromatic carbocycles. The molecule has 0 saturated heterocycles. The minimum absolute atomic E-state index is 0.0231. The number of urea groups is 1. The highest BCUT2D eigenvalue weighted by Gasteiger charge is 2.18. The number of carboxylic acids is 1. The molecular weight excluding hydrogens is 260 g/mol. The van der Waals surface area contributed by atoms with Gasteiger partial charge in [-0.3, -0.25) is 4.79 Å². The molecule has 6 heteroatoms. The number of hydrogen-bond acceptors (Lipinski definition) is 3. The zero-order chi connectivity index (χ0) is 15.0. The Bertz CT molecular complexity index is 314. The van der Waals surface area contributed by atoms with Gasteiger partial charge in [0.25, 0.3) is 0 Å². The van der Waals surface area contributed by atoms with Crippen LogP contribution in [0.2, 0.25) is 0 Å². The van der Waals surface area contributed by atoms with Gasteiger partial charge in [0.05, 0.1) is 19.1 Å². The van der Waals surface area contributed by atoms with Gasteiger partial charge >= 0.3 is 12.0 Å². The first kappa shape index (κ1) is 16.8. The van der Waals surface area contributed by atoms with Crippen LogP contribution in [0.5, 0.6) is 0 Å². The van der Waals surface area contributed by atoms with Crippen molar-refractivity contribution in [3.05, 3.63) is 0 Å². The maximum absolute atomic E-state index is 12.0. The molecule has 2 N–H and O–H groups in total. The van der Waals surface area contributed by atoms with Crippen LogP contribution in [0.15, 0.2) is 0 Å². The molecule has 0 atom stereocenters. The van der Waals surface area contributed by atoms with Crippen molar-refractivity contribution in [1.29, 1.82) is 0 Å². The minimum atomic E-state index is -0.895. The summed E-state index contributed by atoms with van der Waals surface area (Å²) in [5.74, 6) is -0.895. The van der Waals surface area contributed by atoms with Crippen LogP contribution >= 0.6 is 0 Å². The average Bonchev–Trinajstić information content (AvgIpc) is 2.87. The van der Waals surface area contributed by atoms with Crippen LogP contribution in [0.3, 0.4) is 0 Å². The molecule has 0 aromatic rings. The van der Waals surface area contributed by atoms with Crippen molar-refractivity contribution in [1.82, 2.24) is 10.2 Å². The van der Waals surface area contributed by atoms with Gasteiger partial charge in [0.2, 0.25) is 0 Å². The summed E-state index contributed by atoms with van der Waals surface area (Å²) >= 11 is 0. The van der Waals surface area contributed by atoms with Crippen LogP contribution in [0, 0.1) is 0 Å². The number of rotatable bonds is 8. The highest BCUT2D eigenvalue weighted by Crippen LogP contribution is 2.20. The Morgan fingerprint density at radius 1 is 1.35 bits per heavy atom. The van der Waals surface area contributed by atoms with E-state index in [-0.39, 0.29) is 25.0 Å². The molecule has 2 amide bonds. The highest BCUT2D eigenvalue weighted by atomic mass is 16.5. The number of aliphatic carboxylic acids is 1. The van der Waals surface area contributed by atoms with E-state index in [1.54, 1.807) is 0 Å². The SMILES string of the molecule is CC(C)N(CCC(=O)O)C(=O)NCCOC1CCCC1. The Labute approximate surface area is 120 Å². The molecule has 0 aliphatic heterocycles. The van der Waals surface area contributed by atoms with Crippen molar-refractivity contribution in [2.45, 2.75) is 58.1 Å². The molecule has 0 spiro atoms. The van der Waals surface area contributed by atoms with Gasteiger partial charge in [-0.1, -0.05) is 12.8 Å². The number of carbonyl (C=O) groups is 2. The molecule has 0 radical (unpaired) electrons. The summed E-state index contributed by atoms with van der Waals surface area (Å²) in [7, 11) is 0. The molecule has 1 aliphatic carbocycles. The molecule has 0 unspecified atom stereocenters. The highest BCUT2D eigenvalue weighted by molar-refractivity contribution is 5.75. The molecule has 0 aromatic heterocycles. The van der Waals surface area contributed by atoms with Gasteiger partial charge in [0.15, 0.2) is 0 Å². The Morgan fingerprint density at radius 3 is 2.55 bits per heavy atom. The number of amides is 2. The monoisotopic (exact) mass is 286 g/mol. The number of carboxylic acid groups (broad SMARTS) is 1. The fourth-order valence-electron chi connectivity index (χ4n) is 2.35. The first-order chi connectivity index (χ1) is 9.50. The maximum atomic E-state index is 12.0. The lowest BCUT2D eigenvalue weighted by molar-refractivity contribution is -0.137. The second kappa shape index (κ2) is 8.79. The summed E-state index contributed by atoms with van der Waals surface area (Å²) in [6.07, 6.45) is 5.00. The van der Waals surface area contributed by atoms with Gasteiger partial charge in [-0.2, -0.15) is 0 Å². The van der Waals surface area contributed by atoms with E-state index < -0.39 is 5.97 Å². The number of nitrogens with one attached hydrogen (secondary N) is 1. The molecule has 1 rings (SSSR count). The lowest BCUT2D eigenvalue weighted by atomic mass is 10.3. The molecular formula is C14H26N2O4. The Hall–Kier alpha value is -1.30. The minimum Gasteiger partial charge on any atom is -0.481 e. The normalized spacial score (nSPS) is 15.6. The quantitative estimate of drug-likeness (QED) is 0.667. The van der Waals surface area contributed by atoms with Gasteiger partial charge in [0, 0.05) is 19.1 Å². The Kier molecular flexibility index (Phi) is 7.36. The van der Waals surface area contributed by atoms with Gasteiger partial charge < -0.3 is 20.1 Å². The van der Waals surface area contributed by atoms with Crippen LogP contribution in [-0.2, 0) is 9.53 Å². The van der Waals surface area contributed by atoms with Crippen LogP contribution in [-0.4, -0.2) is 53.8 Å². The fraction of sp³-hybridized carbons (Fsp3) is 0.857. The lowest BCUT2D eigenvalue weighted by Gasteiger charge is -2.26. The largest absolute Gasteiger partial charge is 0.481 e. The van der Waals surface area contributed by atoms with Gasteiger partial charge in [-0.15, -0.1) is 0 Å². The van der Waals surface area contributed by atoms with Crippen LogP contribution < -0.4 is 5.32 Å². The predicted molar refractivity (Wildman–Crippen MR) is 75.7 cm³/mol. The van der Waals surface area contributed by atoms with E-state index in [0.717, 1.165) is 12.8 Å². The van der Waals surface area contributed by atoms with Gasteiger partial charge in [-0.05, 0) is 26.7 Å². The first-order valence-electron chi connectivity index (χ1n) is 7.38. The van der Waals surface area contributed by atoms with Crippen molar-refractivity contribution < 1.29 is 19.4 Å². The van der Waals surface area contributed by atoms with Crippen molar-refractivity contribution in [3.63, 3.8) is 0 Å². The van der Waals surface area contributed by atoms with Crippen molar-refractivity contribution in [2.24, 2.45) is 0 Å². The molecule has 116 valence electrons. The Balaban J connectivity index is 2.21. The molecule has 20 heavy (non-hydrogen) atoms. The topological polar surface area (TPSA) is 78.9 Å². The van der Waals surface area contributed by atoms with E-state index in [4.69, 9.17) is 9.84 Å². The number of ether oxygens (including phenoxy) is 1. The number of carbonyl (C=O) groups excluding carboxylic acids is 1. The van der Waals surface area contributed by atoms with Gasteiger partial charge in [0.1, 0.15) is 0 Å². The van der Waals surface area contributed by atoms with E-state index in [2.05, 4.69) is 5.32 Å². The van der Waals surface area contributed by atoms with E-state index in [1.165, 1.54) is 17.7 Å². The number of nitrogens with zero attached hydrogens (tertiary/aromatic N) is 1. The fourth-order valence-corrected chi connectivity index (χ4v) is 2.35. The summed E-state index contributed by atoms with van der Waals surface area (Å²) in [4.78, 5) is 24.1. The zero-order valence-corrected chi connectivity index (χ0v) is 12.4. The van der Waals surface area contributed by atoms with Crippen LogP contribution in [0.4, 0.5) is 4.79 Å². The van der Waals surface area contributed by atoms with Crippen molar-refractivity contribution in [2.75, 3.05) is 19.7 Å². The molecule has 0 bridgehead atoms. The third-order valence-electron chi connectivity index (χ3n) is 3.48. The Morgan fingerprint density at radius 2 is 2.00 bits per heavy atom. The van der Waals surface area contributed by atoms with Crippen LogP contribution in [0.25, 0.3) is 0 Å². The number of hydrogen-bond donors (Lipinski definition) is 2. The van der Waals surface area contributed by atoms with Crippen LogP contribution in [0.1, 0.15) is 46.0 Å². The summed E-state index contributed by atoms with van der Waals surface area (Å²) in [6, 6.07) is -0.249. The lowest BCUT2D eigenvalue weighted by Crippen LogP contribution is -2.45. The maximum Gasteiger partial charge on any atom is 0.317 e. The molecule has 1 fully saturated rings. The first-order valence-corrected chi connectivity index (χ1v) is 7.38. The van der Waals surface area contributed by atoms with Crippen molar-refractivity contribution in [3.8, 4) is 0 Å². The average molecular weight is 286 g/mol. The zero-order valence-electron chi connectivity index (χ0n) is 12.4. The molecule has 0 heterocycles. The molecule has 1 saturated carbocycles. The van der Waals surface area contributed by atoms with E-state index in [0.29, 0.717) is 19.3 Å². The molecule has 6 nitrogen and oxygen atoms in total. The van der Waals surface area contributed by atoms with E-state index in [9.17, 15) is 9.59 Å².